The van der Waals surface area contributed by atoms with Crippen LogP contribution in [0.25, 0.3) is 6.08 Å². The lowest BCUT2D eigenvalue weighted by molar-refractivity contribution is 0.571. The maximum atomic E-state index is 3.21. The molecule has 0 spiro atoms. The normalized spacial score (nSPS) is 11.6. The van der Waals surface area contributed by atoms with Gasteiger partial charge in [0.15, 0.2) is 0 Å². The molecule has 1 heteroatoms. The molecule has 0 aliphatic heterocycles. The Kier molecular flexibility index (Phi) is 4.78. The Labute approximate surface area is 107 Å². The second kappa shape index (κ2) is 5.89. The lowest BCUT2D eigenvalue weighted by atomic mass is 9.98. The van der Waals surface area contributed by atoms with E-state index in [0.717, 1.165) is 0 Å². The highest BCUT2D eigenvalue weighted by atomic mass is 28.3. The first-order valence-electron chi connectivity index (χ1n) is 5.99. The molecule has 0 bridgehead atoms. The van der Waals surface area contributed by atoms with Gasteiger partial charge in [-0.15, -0.1) is 0 Å². The van der Waals surface area contributed by atoms with E-state index in [1.165, 1.54) is 10.8 Å². The predicted molar refractivity (Wildman–Crippen MR) is 79.8 cm³/mol. The number of rotatable bonds is 2. The second-order valence-corrected chi connectivity index (χ2v) is 7.98. The molecule has 89 valence electrons. The Morgan fingerprint density at radius 2 is 1.76 bits per heavy atom. The van der Waals surface area contributed by atoms with Crippen molar-refractivity contribution in [2.45, 2.75) is 33.9 Å². The third-order valence-electron chi connectivity index (χ3n) is 2.29. The summed E-state index contributed by atoms with van der Waals surface area (Å²) in [6.45, 7) is 11.0. The number of hydrogen-bond acceptors (Lipinski definition) is 0. The molecule has 0 N–H and O–H groups in total. The van der Waals surface area contributed by atoms with Gasteiger partial charge in [-0.05, 0) is 38.5 Å². The van der Waals surface area contributed by atoms with E-state index in [0.29, 0.717) is 0 Å². The van der Waals surface area contributed by atoms with Gasteiger partial charge in [-0.3, -0.25) is 0 Å². The van der Waals surface area contributed by atoms with Crippen LogP contribution in [0, 0.1) is 17.3 Å². The lowest BCUT2D eigenvalue weighted by Gasteiger charge is -2.07. The molecule has 0 aliphatic carbocycles. The Morgan fingerprint density at radius 3 is 2.35 bits per heavy atom. The summed E-state index contributed by atoms with van der Waals surface area (Å²) < 4.78 is 0. The van der Waals surface area contributed by atoms with Crippen LogP contribution < -0.4 is 5.19 Å². The van der Waals surface area contributed by atoms with Crippen LogP contribution in [0.15, 0.2) is 30.3 Å². The molecule has 0 unspecified atom stereocenters. The molecule has 0 aromatic heterocycles. The summed E-state index contributed by atoms with van der Waals surface area (Å²) in [5.74, 6) is 6.33. The fourth-order valence-electron chi connectivity index (χ4n) is 1.49. The van der Waals surface area contributed by atoms with Crippen molar-refractivity contribution in [3.8, 4) is 11.8 Å². The van der Waals surface area contributed by atoms with Crippen molar-refractivity contribution in [1.82, 2.24) is 0 Å². The Hall–Kier alpha value is -1.26. The standard InChI is InChI=1S/C16H21Si/c1-16(2,3)13-9-8-11-14-10-6-7-12-15(14)17(4)5/h6-8,10-12H,1-5H3/b11-8-. The average Bonchev–Trinajstić information content (AvgIpc) is 2.23. The molecule has 0 aliphatic rings. The maximum Gasteiger partial charge on any atom is 0.0799 e. The highest BCUT2D eigenvalue weighted by Crippen LogP contribution is 2.09. The number of benzene rings is 1. The molecule has 0 saturated carbocycles. The van der Waals surface area contributed by atoms with E-state index in [2.05, 4.69) is 76.0 Å². The van der Waals surface area contributed by atoms with E-state index < -0.39 is 8.80 Å². The van der Waals surface area contributed by atoms with Gasteiger partial charge >= 0.3 is 0 Å². The molecule has 0 fully saturated rings. The molecular weight excluding hydrogens is 220 g/mol. The topological polar surface area (TPSA) is 0 Å². The summed E-state index contributed by atoms with van der Waals surface area (Å²) in [6.07, 6.45) is 4.10. The van der Waals surface area contributed by atoms with Gasteiger partial charge in [0.2, 0.25) is 0 Å². The summed E-state index contributed by atoms with van der Waals surface area (Å²) in [5, 5.41) is 1.48. The Morgan fingerprint density at radius 1 is 1.12 bits per heavy atom. The molecule has 0 nitrogen and oxygen atoms in total. The van der Waals surface area contributed by atoms with Gasteiger partial charge in [-0.2, -0.15) is 0 Å². The molecule has 1 radical (unpaired) electrons. The monoisotopic (exact) mass is 241 g/mol. The van der Waals surface area contributed by atoms with Crippen molar-refractivity contribution in [3.05, 3.63) is 35.9 Å². The third kappa shape index (κ3) is 5.06. The summed E-state index contributed by atoms with van der Waals surface area (Å²) >= 11 is 0. The van der Waals surface area contributed by atoms with Crippen LogP contribution in [0.2, 0.25) is 13.1 Å². The van der Waals surface area contributed by atoms with Crippen molar-refractivity contribution >= 4 is 20.1 Å². The van der Waals surface area contributed by atoms with Gasteiger partial charge in [0.05, 0.1) is 8.80 Å². The molecule has 1 rings (SSSR count). The van der Waals surface area contributed by atoms with E-state index in [1.807, 2.05) is 6.08 Å². The number of hydrogen-bond donors (Lipinski definition) is 0. The van der Waals surface area contributed by atoms with Crippen molar-refractivity contribution < 1.29 is 0 Å². The summed E-state index contributed by atoms with van der Waals surface area (Å²) in [6, 6.07) is 8.60. The first-order valence-corrected chi connectivity index (χ1v) is 8.49. The molecule has 17 heavy (non-hydrogen) atoms. The van der Waals surface area contributed by atoms with E-state index in [4.69, 9.17) is 0 Å². The Bertz CT molecular complexity index is 450. The first-order chi connectivity index (χ1) is 7.90. The minimum Gasteiger partial charge on any atom is -0.0926 e. The van der Waals surface area contributed by atoms with Crippen LogP contribution in [-0.4, -0.2) is 8.80 Å². The van der Waals surface area contributed by atoms with Crippen LogP contribution >= 0.6 is 0 Å². The summed E-state index contributed by atoms with van der Waals surface area (Å²) in [5.41, 5.74) is 1.39. The third-order valence-corrected chi connectivity index (χ3v) is 3.83. The smallest absolute Gasteiger partial charge is 0.0799 e. The Balaban J connectivity index is 2.88. The number of allylic oxidation sites excluding steroid dienone is 1. The SMILES string of the molecule is C[Si](C)c1ccccc1/C=C\C#CC(C)(C)C. The zero-order chi connectivity index (χ0) is 12.9. The lowest BCUT2D eigenvalue weighted by Crippen LogP contribution is -2.24. The molecule has 0 saturated heterocycles. The van der Waals surface area contributed by atoms with Crippen LogP contribution in [0.4, 0.5) is 0 Å². The van der Waals surface area contributed by atoms with E-state index in [1.54, 1.807) is 0 Å². The van der Waals surface area contributed by atoms with E-state index >= 15 is 0 Å². The van der Waals surface area contributed by atoms with Gasteiger partial charge in [0, 0.05) is 5.41 Å². The van der Waals surface area contributed by atoms with Crippen LogP contribution in [0.3, 0.4) is 0 Å². The molecule has 1 aromatic rings. The highest BCUT2D eigenvalue weighted by Gasteiger charge is 2.04. The average molecular weight is 241 g/mol. The quantitative estimate of drug-likeness (QED) is 0.547. The molecule has 0 atom stereocenters. The van der Waals surface area contributed by atoms with Crippen molar-refractivity contribution in [3.63, 3.8) is 0 Å². The fraction of sp³-hybridized carbons (Fsp3) is 0.375. The van der Waals surface area contributed by atoms with Gasteiger partial charge in [0.1, 0.15) is 0 Å². The van der Waals surface area contributed by atoms with Crippen molar-refractivity contribution in [2.75, 3.05) is 0 Å². The second-order valence-electron chi connectivity index (χ2n) is 5.44. The molecule has 0 heterocycles. The van der Waals surface area contributed by atoms with Crippen LogP contribution in [0.5, 0.6) is 0 Å². The zero-order valence-corrected chi connectivity index (χ0v) is 12.5. The van der Waals surface area contributed by atoms with Crippen molar-refractivity contribution in [1.29, 1.82) is 0 Å². The van der Waals surface area contributed by atoms with Gasteiger partial charge in [-0.25, -0.2) is 0 Å². The molecule has 0 amide bonds. The molecule has 1 aromatic carbocycles. The van der Waals surface area contributed by atoms with E-state index in [9.17, 15) is 0 Å². The highest BCUT2D eigenvalue weighted by molar-refractivity contribution is 6.71. The minimum atomic E-state index is -0.406. The predicted octanol–water partition coefficient (Wildman–Crippen LogP) is 3.71. The first kappa shape index (κ1) is 13.8. The summed E-state index contributed by atoms with van der Waals surface area (Å²) in [4.78, 5) is 0. The summed E-state index contributed by atoms with van der Waals surface area (Å²) in [7, 11) is -0.406. The van der Waals surface area contributed by atoms with Crippen molar-refractivity contribution in [2.24, 2.45) is 5.41 Å². The van der Waals surface area contributed by atoms with Gasteiger partial charge in [-0.1, -0.05) is 54.4 Å². The van der Waals surface area contributed by atoms with E-state index in [-0.39, 0.29) is 5.41 Å². The fourth-order valence-corrected chi connectivity index (χ4v) is 2.66. The van der Waals surface area contributed by atoms with Crippen LogP contribution in [0.1, 0.15) is 26.3 Å². The van der Waals surface area contributed by atoms with Crippen LogP contribution in [-0.2, 0) is 0 Å². The zero-order valence-electron chi connectivity index (χ0n) is 11.5. The van der Waals surface area contributed by atoms with Gasteiger partial charge in [0.25, 0.3) is 0 Å². The van der Waals surface area contributed by atoms with Gasteiger partial charge < -0.3 is 0 Å². The minimum absolute atomic E-state index is 0.0777. The molecular formula is C16H21Si. The maximum absolute atomic E-state index is 3.21. The largest absolute Gasteiger partial charge is 0.0926 e.